The lowest BCUT2D eigenvalue weighted by atomic mass is 9.80. The minimum absolute atomic E-state index is 0.347. The number of fused-ring (bicyclic) bond motifs is 3. The maximum absolute atomic E-state index is 13.2. The van der Waals surface area contributed by atoms with E-state index in [4.69, 9.17) is 0 Å². The number of hydrogen-bond acceptors (Lipinski definition) is 7. The molecule has 1 aliphatic heterocycles. The second-order valence-electron chi connectivity index (χ2n) is 6.82. The number of carbonyl (C=O) groups is 3. The molecule has 0 bridgehead atoms. The molecular weight excluding hydrogens is 398 g/mol. The van der Waals surface area contributed by atoms with Gasteiger partial charge in [0.1, 0.15) is 23.1 Å². The number of urea groups is 1. The Balaban J connectivity index is 1.38. The minimum Gasteiger partial charge on any atom is -0.323 e. The van der Waals surface area contributed by atoms with Crippen molar-refractivity contribution in [3.63, 3.8) is 0 Å². The van der Waals surface area contributed by atoms with Crippen molar-refractivity contribution in [3.8, 4) is 0 Å². The van der Waals surface area contributed by atoms with Gasteiger partial charge in [-0.2, -0.15) is 8.75 Å². The molecular formula is C18H15N5O3S2. The molecule has 8 nitrogen and oxygen atoms in total. The molecule has 0 radical (unpaired) electrons. The predicted molar refractivity (Wildman–Crippen MR) is 105 cm³/mol. The first-order valence-corrected chi connectivity index (χ1v) is 10.4. The summed E-state index contributed by atoms with van der Waals surface area (Å²) in [6.07, 6.45) is 2.27. The Kier molecular flexibility index (Phi) is 3.91. The lowest BCUT2D eigenvalue weighted by Crippen LogP contribution is -2.46. The van der Waals surface area contributed by atoms with Crippen molar-refractivity contribution in [3.05, 3.63) is 40.1 Å². The summed E-state index contributed by atoms with van der Waals surface area (Å²) >= 11 is 2.65. The van der Waals surface area contributed by atoms with Crippen LogP contribution in [-0.4, -0.2) is 38.0 Å². The first-order chi connectivity index (χ1) is 13.6. The van der Waals surface area contributed by atoms with Crippen LogP contribution in [0.2, 0.25) is 0 Å². The second-order valence-corrected chi connectivity index (χ2v) is 8.35. The maximum atomic E-state index is 13.2. The van der Waals surface area contributed by atoms with Crippen LogP contribution < -0.4 is 10.6 Å². The lowest BCUT2D eigenvalue weighted by molar-refractivity contribution is -0.134. The van der Waals surface area contributed by atoms with Gasteiger partial charge in [0.15, 0.2) is 0 Å². The lowest BCUT2D eigenvalue weighted by Gasteiger charge is -2.31. The fourth-order valence-electron chi connectivity index (χ4n) is 3.93. The first kappa shape index (κ1) is 17.3. The van der Waals surface area contributed by atoms with Crippen LogP contribution in [0.5, 0.6) is 0 Å². The molecule has 4 amide bonds. The van der Waals surface area contributed by atoms with Gasteiger partial charge in [-0.25, -0.2) is 4.79 Å². The highest BCUT2D eigenvalue weighted by Crippen LogP contribution is 2.42. The molecule has 0 saturated carbocycles. The molecule has 10 heteroatoms. The number of imide groups is 1. The molecule has 3 aromatic rings. The highest BCUT2D eigenvalue weighted by atomic mass is 32.1. The number of rotatable bonds is 3. The van der Waals surface area contributed by atoms with Crippen molar-refractivity contribution in [2.45, 2.75) is 24.8 Å². The summed E-state index contributed by atoms with van der Waals surface area (Å²) in [6, 6.07) is 6.65. The van der Waals surface area contributed by atoms with E-state index >= 15 is 0 Å². The van der Waals surface area contributed by atoms with Gasteiger partial charge >= 0.3 is 6.03 Å². The number of anilines is 1. The Morgan fingerprint density at radius 1 is 1.29 bits per heavy atom. The summed E-state index contributed by atoms with van der Waals surface area (Å²) in [7, 11) is 0. The number of benzene rings is 1. The summed E-state index contributed by atoms with van der Waals surface area (Å²) in [6.45, 7) is -0.347. The summed E-state index contributed by atoms with van der Waals surface area (Å²) < 4.78 is 8.32. The van der Waals surface area contributed by atoms with Crippen LogP contribution in [0.1, 0.15) is 23.3 Å². The predicted octanol–water partition coefficient (Wildman–Crippen LogP) is 2.47. The molecule has 1 spiro atoms. The van der Waals surface area contributed by atoms with Crippen LogP contribution in [-0.2, 0) is 21.5 Å². The smallest absolute Gasteiger partial charge is 0.323 e. The largest absolute Gasteiger partial charge is 0.325 e. The fraction of sp³-hybridized carbons (Fsp3) is 0.278. The molecule has 1 aromatic carbocycles. The third-order valence-corrected chi connectivity index (χ3v) is 6.72. The zero-order chi connectivity index (χ0) is 19.3. The number of nitrogens with one attached hydrogen (secondary N) is 2. The van der Waals surface area contributed by atoms with E-state index in [1.54, 1.807) is 29.5 Å². The van der Waals surface area contributed by atoms with E-state index in [0.29, 0.717) is 23.1 Å². The number of aryl methyl sites for hydroxylation is 1. The molecule has 1 unspecified atom stereocenters. The molecule has 2 aromatic heterocycles. The minimum atomic E-state index is -1.04. The molecule has 1 saturated heterocycles. The zero-order valence-electron chi connectivity index (χ0n) is 14.6. The molecule has 28 heavy (non-hydrogen) atoms. The monoisotopic (exact) mass is 413 g/mol. The standard InChI is InChI=1S/C18H15N5O3S2/c24-14(19-11-3-1-4-12-15(11)22-28-21-12)9-23-16(25)18(20-17(23)26)7-2-5-13-10(18)6-8-27-13/h1,3-4,6,8H,2,5,7,9H2,(H,19,24)(H,20,26). The van der Waals surface area contributed by atoms with Crippen LogP contribution in [0.25, 0.3) is 11.0 Å². The zero-order valence-corrected chi connectivity index (χ0v) is 16.2. The van der Waals surface area contributed by atoms with E-state index in [0.717, 1.165) is 39.9 Å². The Morgan fingerprint density at radius 2 is 2.18 bits per heavy atom. The van der Waals surface area contributed by atoms with Crippen molar-refractivity contribution in [1.29, 1.82) is 0 Å². The average molecular weight is 413 g/mol. The van der Waals surface area contributed by atoms with Gasteiger partial charge < -0.3 is 10.6 Å². The van der Waals surface area contributed by atoms with Crippen LogP contribution in [0.4, 0.5) is 10.5 Å². The highest BCUT2D eigenvalue weighted by Gasteiger charge is 2.54. The van der Waals surface area contributed by atoms with Crippen LogP contribution in [0, 0.1) is 0 Å². The Bertz CT molecular complexity index is 1120. The van der Waals surface area contributed by atoms with Gasteiger partial charge in [-0.15, -0.1) is 11.3 Å². The average Bonchev–Trinajstić information content (AvgIpc) is 3.39. The Labute approximate surface area is 167 Å². The number of hydrogen-bond donors (Lipinski definition) is 2. The highest BCUT2D eigenvalue weighted by molar-refractivity contribution is 7.10. The van der Waals surface area contributed by atoms with Gasteiger partial charge in [0.05, 0.1) is 17.4 Å². The number of carbonyl (C=O) groups excluding carboxylic acids is 3. The molecule has 1 fully saturated rings. The summed E-state index contributed by atoms with van der Waals surface area (Å²) in [4.78, 5) is 40.4. The molecule has 2 N–H and O–H groups in total. The quantitative estimate of drug-likeness (QED) is 0.642. The Hall–Kier alpha value is -2.85. The van der Waals surface area contributed by atoms with Gasteiger partial charge in [0.2, 0.25) is 5.91 Å². The number of aromatic nitrogens is 2. The van der Waals surface area contributed by atoms with Gasteiger partial charge in [-0.1, -0.05) is 6.07 Å². The third-order valence-electron chi connectivity index (χ3n) is 5.20. The second kappa shape index (κ2) is 6.35. The number of nitrogens with zero attached hydrogens (tertiary/aromatic N) is 3. The first-order valence-electron chi connectivity index (χ1n) is 8.80. The molecule has 1 atom stereocenters. The Morgan fingerprint density at radius 3 is 3.07 bits per heavy atom. The van der Waals surface area contributed by atoms with Crippen LogP contribution in [0.15, 0.2) is 29.6 Å². The van der Waals surface area contributed by atoms with Crippen molar-refractivity contribution >= 4 is 57.6 Å². The summed E-state index contributed by atoms with van der Waals surface area (Å²) in [5.74, 6) is -0.817. The third kappa shape index (κ3) is 2.52. The molecule has 2 aliphatic rings. The van der Waals surface area contributed by atoms with E-state index < -0.39 is 17.5 Å². The van der Waals surface area contributed by atoms with Crippen LogP contribution in [0.3, 0.4) is 0 Å². The molecule has 142 valence electrons. The van der Waals surface area contributed by atoms with Crippen molar-refractivity contribution in [2.75, 3.05) is 11.9 Å². The summed E-state index contributed by atoms with van der Waals surface area (Å²) in [5.41, 5.74) is 1.61. The topological polar surface area (TPSA) is 104 Å². The van der Waals surface area contributed by atoms with Gasteiger partial charge in [0.25, 0.3) is 5.91 Å². The van der Waals surface area contributed by atoms with E-state index in [-0.39, 0.29) is 12.5 Å². The van der Waals surface area contributed by atoms with E-state index in [9.17, 15) is 14.4 Å². The molecule has 1 aliphatic carbocycles. The van der Waals surface area contributed by atoms with Crippen molar-refractivity contribution < 1.29 is 14.4 Å². The molecule has 3 heterocycles. The van der Waals surface area contributed by atoms with Crippen molar-refractivity contribution in [2.24, 2.45) is 0 Å². The van der Waals surface area contributed by atoms with E-state index in [1.807, 2.05) is 11.4 Å². The summed E-state index contributed by atoms with van der Waals surface area (Å²) in [5, 5.41) is 7.53. The number of amides is 4. The van der Waals surface area contributed by atoms with Crippen molar-refractivity contribution in [1.82, 2.24) is 19.0 Å². The molecule has 5 rings (SSSR count). The maximum Gasteiger partial charge on any atom is 0.325 e. The number of thiophene rings is 1. The SMILES string of the molecule is O=C(CN1C(=O)NC2(CCCc3sccc32)C1=O)Nc1cccc2nsnc12. The normalized spacial score (nSPS) is 21.2. The van der Waals surface area contributed by atoms with E-state index in [1.165, 1.54) is 0 Å². The van der Waals surface area contributed by atoms with Gasteiger partial charge in [0, 0.05) is 10.4 Å². The van der Waals surface area contributed by atoms with Gasteiger partial charge in [-0.05, 0) is 42.8 Å². The van der Waals surface area contributed by atoms with E-state index in [2.05, 4.69) is 19.4 Å². The van der Waals surface area contributed by atoms with Crippen LogP contribution >= 0.6 is 23.1 Å². The fourth-order valence-corrected chi connectivity index (χ4v) is 5.47. The van der Waals surface area contributed by atoms with Gasteiger partial charge in [-0.3, -0.25) is 14.5 Å².